The summed E-state index contributed by atoms with van der Waals surface area (Å²) in [6, 6.07) is 4.12. The summed E-state index contributed by atoms with van der Waals surface area (Å²) in [5, 5.41) is 9.79. The highest BCUT2D eigenvalue weighted by Gasteiger charge is 2.39. The number of carbonyl (C=O) groups excluding carboxylic acids is 1. The van der Waals surface area contributed by atoms with Crippen molar-refractivity contribution in [2.24, 2.45) is 0 Å². The molecule has 0 saturated carbocycles. The number of benzene rings is 1. The van der Waals surface area contributed by atoms with Crippen LogP contribution in [0.25, 0.3) is 0 Å². The molecule has 1 atom stereocenters. The van der Waals surface area contributed by atoms with Gasteiger partial charge >= 0.3 is 0 Å². The fourth-order valence-corrected chi connectivity index (χ4v) is 3.18. The molecule has 0 saturated heterocycles. The van der Waals surface area contributed by atoms with Crippen molar-refractivity contribution in [2.75, 3.05) is 21.7 Å². The Labute approximate surface area is 111 Å². The molecule has 1 aromatic carbocycles. The van der Waals surface area contributed by atoms with Gasteiger partial charge in [-0.25, -0.2) is 0 Å². The number of hydrogen-bond acceptors (Lipinski definition) is 4. The molecule has 2 aliphatic rings. The maximum atomic E-state index is 11.9. The smallest absolute Gasteiger partial charge is 0.234 e. The van der Waals surface area contributed by atoms with Crippen molar-refractivity contribution in [3.63, 3.8) is 0 Å². The average molecular weight is 263 g/mol. The summed E-state index contributed by atoms with van der Waals surface area (Å²) in [4.78, 5) is 11.9. The van der Waals surface area contributed by atoms with Gasteiger partial charge in [-0.1, -0.05) is 6.92 Å². The van der Waals surface area contributed by atoms with Crippen LogP contribution in [0.4, 0.5) is 17.1 Å². The molecule has 0 bridgehead atoms. The van der Waals surface area contributed by atoms with E-state index in [2.05, 4.69) is 28.9 Å². The molecular formula is C13H17N3OS. The van der Waals surface area contributed by atoms with Crippen LogP contribution in [0, 0.1) is 0 Å². The van der Waals surface area contributed by atoms with Gasteiger partial charge in [0.2, 0.25) is 5.91 Å². The second-order valence-electron chi connectivity index (χ2n) is 5.15. The van der Waals surface area contributed by atoms with Crippen LogP contribution >= 0.6 is 11.8 Å². The zero-order valence-electron chi connectivity index (χ0n) is 10.8. The van der Waals surface area contributed by atoms with Crippen molar-refractivity contribution in [1.29, 1.82) is 0 Å². The van der Waals surface area contributed by atoms with Gasteiger partial charge in [0.25, 0.3) is 0 Å². The Balaban J connectivity index is 1.98. The van der Waals surface area contributed by atoms with E-state index in [-0.39, 0.29) is 11.4 Å². The van der Waals surface area contributed by atoms with E-state index in [1.54, 1.807) is 0 Å². The molecule has 4 nitrogen and oxygen atoms in total. The third-order valence-corrected chi connectivity index (χ3v) is 4.46. The van der Waals surface area contributed by atoms with Crippen molar-refractivity contribution in [3.05, 3.63) is 17.7 Å². The second kappa shape index (κ2) is 3.82. The summed E-state index contributed by atoms with van der Waals surface area (Å²) in [5.41, 5.74) is 3.94. The van der Waals surface area contributed by atoms with Gasteiger partial charge in [-0.3, -0.25) is 4.79 Å². The van der Waals surface area contributed by atoms with E-state index in [0.717, 1.165) is 28.4 Å². The van der Waals surface area contributed by atoms with E-state index in [9.17, 15) is 4.79 Å². The molecule has 0 radical (unpaired) electrons. The molecule has 2 heterocycles. The lowest BCUT2D eigenvalue weighted by atomic mass is 9.86. The summed E-state index contributed by atoms with van der Waals surface area (Å²) in [6.45, 7) is 6.06. The van der Waals surface area contributed by atoms with E-state index in [0.29, 0.717) is 0 Å². The number of carbonyl (C=O) groups is 1. The number of anilines is 3. The fraction of sp³-hybridized carbons (Fsp3) is 0.462. The van der Waals surface area contributed by atoms with Crippen molar-refractivity contribution in [3.8, 4) is 0 Å². The lowest BCUT2D eigenvalue weighted by molar-refractivity contribution is -0.119. The van der Waals surface area contributed by atoms with Gasteiger partial charge in [-0.15, -0.1) is 11.8 Å². The van der Waals surface area contributed by atoms with Crippen LogP contribution in [0.5, 0.6) is 0 Å². The maximum Gasteiger partial charge on any atom is 0.234 e. The van der Waals surface area contributed by atoms with Crippen LogP contribution in [0.1, 0.15) is 26.3 Å². The predicted octanol–water partition coefficient (Wildman–Crippen LogP) is 2.79. The summed E-state index contributed by atoms with van der Waals surface area (Å²) >= 11 is 1.82. The molecular weight excluding hydrogens is 246 g/mol. The monoisotopic (exact) mass is 263 g/mol. The highest BCUT2D eigenvalue weighted by atomic mass is 32.2. The second-order valence-corrected chi connectivity index (χ2v) is 6.53. The average Bonchev–Trinajstić information content (AvgIpc) is 2.77. The lowest BCUT2D eigenvalue weighted by Crippen LogP contribution is -2.26. The van der Waals surface area contributed by atoms with Gasteiger partial charge < -0.3 is 16.0 Å². The Kier molecular flexibility index (Phi) is 2.48. The van der Waals surface area contributed by atoms with Crippen LogP contribution < -0.4 is 16.0 Å². The first kappa shape index (κ1) is 11.7. The van der Waals surface area contributed by atoms with E-state index >= 15 is 0 Å². The third kappa shape index (κ3) is 1.57. The zero-order valence-corrected chi connectivity index (χ0v) is 11.6. The zero-order chi connectivity index (χ0) is 12.9. The number of fused-ring (bicyclic) bond motifs is 2. The largest absolute Gasteiger partial charge is 0.355 e. The molecule has 3 N–H and O–H groups in total. The molecule has 5 heteroatoms. The van der Waals surface area contributed by atoms with Crippen LogP contribution in [-0.4, -0.2) is 17.2 Å². The quantitative estimate of drug-likeness (QED) is 0.768. The van der Waals surface area contributed by atoms with Gasteiger partial charge in [-0.05, 0) is 37.3 Å². The van der Waals surface area contributed by atoms with E-state index < -0.39 is 5.41 Å². The Morgan fingerprint density at radius 1 is 1.22 bits per heavy atom. The highest BCUT2D eigenvalue weighted by molar-refractivity contribution is 8.00. The number of nitrogens with one attached hydrogen (secondary N) is 3. The van der Waals surface area contributed by atoms with Crippen molar-refractivity contribution in [1.82, 2.24) is 0 Å². The molecule has 0 spiro atoms. The van der Waals surface area contributed by atoms with Crippen molar-refractivity contribution < 1.29 is 4.79 Å². The van der Waals surface area contributed by atoms with Gasteiger partial charge in [0.1, 0.15) is 5.50 Å². The first-order valence-electron chi connectivity index (χ1n) is 6.17. The molecule has 0 aromatic heterocycles. The Bertz CT molecular complexity index is 527. The van der Waals surface area contributed by atoms with E-state index in [4.69, 9.17) is 0 Å². The summed E-state index contributed by atoms with van der Waals surface area (Å²) in [7, 11) is 0. The normalized spacial score (nSPS) is 22.8. The first-order valence-corrected chi connectivity index (χ1v) is 7.22. The highest BCUT2D eigenvalue weighted by Crippen LogP contribution is 2.44. The molecule has 96 valence electrons. The molecule has 2 aliphatic heterocycles. The molecule has 1 unspecified atom stereocenters. The van der Waals surface area contributed by atoms with Crippen LogP contribution in [0.15, 0.2) is 12.1 Å². The number of rotatable bonds is 2. The van der Waals surface area contributed by atoms with E-state index in [1.165, 1.54) is 0 Å². The Morgan fingerprint density at radius 3 is 2.56 bits per heavy atom. The molecule has 1 aromatic rings. The van der Waals surface area contributed by atoms with Crippen LogP contribution in [0.3, 0.4) is 0 Å². The third-order valence-electron chi connectivity index (χ3n) is 3.55. The van der Waals surface area contributed by atoms with Crippen LogP contribution in [0.2, 0.25) is 0 Å². The summed E-state index contributed by atoms with van der Waals surface area (Å²) < 4.78 is 0. The number of thioether (sulfide) groups is 1. The summed E-state index contributed by atoms with van der Waals surface area (Å²) in [5.74, 6) is 1.13. The van der Waals surface area contributed by atoms with Gasteiger partial charge in [-0.2, -0.15) is 0 Å². The van der Waals surface area contributed by atoms with E-state index in [1.807, 2.05) is 31.7 Å². The minimum atomic E-state index is -0.442. The maximum absolute atomic E-state index is 11.9. The fourth-order valence-electron chi connectivity index (χ4n) is 2.43. The Hall–Kier alpha value is -1.36. The van der Waals surface area contributed by atoms with Crippen molar-refractivity contribution in [2.45, 2.75) is 31.7 Å². The van der Waals surface area contributed by atoms with Crippen molar-refractivity contribution >= 4 is 34.7 Å². The predicted molar refractivity (Wildman–Crippen MR) is 77.3 cm³/mol. The van der Waals surface area contributed by atoms with Gasteiger partial charge in [0.05, 0.1) is 16.8 Å². The minimum absolute atomic E-state index is 0.0701. The first-order chi connectivity index (χ1) is 8.52. The SMILES string of the molecule is CCSC1Nc2cc3c(cc2N1)C(C)(C)C(=O)N3. The molecule has 0 aliphatic carbocycles. The van der Waals surface area contributed by atoms with Crippen LogP contribution in [-0.2, 0) is 10.2 Å². The standard InChI is InChI=1S/C13H17N3OS/c1-4-18-12-15-9-5-7-8(6-10(9)16-12)14-11(17)13(7,2)3/h5-6,12,15-16H,4H2,1-3H3,(H,14,17). The molecule has 0 fully saturated rings. The van der Waals surface area contributed by atoms with Gasteiger partial charge in [0, 0.05) is 5.69 Å². The topological polar surface area (TPSA) is 53.2 Å². The van der Waals surface area contributed by atoms with Gasteiger partial charge in [0.15, 0.2) is 0 Å². The molecule has 3 rings (SSSR count). The Morgan fingerprint density at radius 2 is 1.89 bits per heavy atom. The molecule has 18 heavy (non-hydrogen) atoms. The molecule has 1 amide bonds. The lowest BCUT2D eigenvalue weighted by Gasteiger charge is -2.15. The number of amides is 1. The summed E-state index contributed by atoms with van der Waals surface area (Å²) in [6.07, 6.45) is 0. The minimum Gasteiger partial charge on any atom is -0.355 e. The number of hydrogen-bond donors (Lipinski definition) is 3.